The summed E-state index contributed by atoms with van der Waals surface area (Å²) in [5, 5.41) is 0. The van der Waals surface area contributed by atoms with Crippen molar-refractivity contribution >= 4 is 23.6 Å². The van der Waals surface area contributed by atoms with E-state index in [2.05, 4.69) is 0 Å². The average molecular weight is 346 g/mol. The van der Waals surface area contributed by atoms with E-state index in [1.165, 1.54) is 12.3 Å². The van der Waals surface area contributed by atoms with Gasteiger partial charge in [0.05, 0.1) is 6.26 Å². The molecular weight excluding hydrogens is 334 g/mol. The first-order valence-electron chi connectivity index (χ1n) is 7.03. The smallest absolute Gasteiger partial charge is 0.288 e. The van der Waals surface area contributed by atoms with Gasteiger partial charge in [0.1, 0.15) is 11.5 Å². The summed E-state index contributed by atoms with van der Waals surface area (Å²) in [6.45, 7) is 0. The molecule has 0 unspecified atom stereocenters. The molecule has 24 heavy (non-hydrogen) atoms. The van der Waals surface area contributed by atoms with Gasteiger partial charge in [-0.15, -0.1) is 0 Å². The molecule has 3 aromatic rings. The molecule has 1 aromatic carbocycles. The van der Waals surface area contributed by atoms with E-state index in [-0.39, 0.29) is 11.5 Å². The molecule has 0 amide bonds. The molecule has 0 atom stereocenters. The van der Waals surface area contributed by atoms with Crippen LogP contribution >= 0.6 is 11.8 Å². The van der Waals surface area contributed by atoms with Crippen molar-refractivity contribution in [2.24, 2.45) is 0 Å². The molecule has 3 nitrogen and oxygen atoms in total. The third-order valence-electron chi connectivity index (χ3n) is 3.15. The number of rotatable bonds is 6. The van der Waals surface area contributed by atoms with E-state index in [0.29, 0.717) is 28.2 Å². The molecule has 0 N–H and O–H groups in total. The van der Waals surface area contributed by atoms with Crippen molar-refractivity contribution in [1.82, 2.24) is 0 Å². The molecule has 0 radical (unpaired) electrons. The van der Waals surface area contributed by atoms with Crippen molar-refractivity contribution in [1.29, 1.82) is 0 Å². The second-order valence-corrected chi connectivity index (χ2v) is 5.84. The van der Waals surface area contributed by atoms with Gasteiger partial charge in [-0.05, 0) is 48.6 Å². The van der Waals surface area contributed by atoms with Crippen molar-refractivity contribution in [2.75, 3.05) is 0 Å². The number of carbonyl (C=O) groups is 1. The lowest BCUT2D eigenvalue weighted by atomic mass is 10.2. The standard InChI is InChI=1S/C18H12F2O3S/c19-18(20)24-14-7-3-12(4-8-14)16-10-6-13(23-16)5-9-15(21)17-2-1-11-22-17/h1-11,18H/b9-5+. The minimum absolute atomic E-state index is 0.255. The Bertz CT molecular complexity index is 834. The number of hydrogen-bond donors (Lipinski definition) is 0. The van der Waals surface area contributed by atoms with E-state index in [1.807, 2.05) is 0 Å². The molecule has 0 saturated heterocycles. The van der Waals surface area contributed by atoms with Crippen LogP contribution in [0.5, 0.6) is 0 Å². The summed E-state index contributed by atoms with van der Waals surface area (Å²) in [5.74, 6) is -1.34. The Balaban J connectivity index is 1.70. The first kappa shape index (κ1) is 16.3. The highest BCUT2D eigenvalue weighted by Gasteiger charge is 2.08. The molecule has 0 spiro atoms. The third-order valence-corrected chi connectivity index (χ3v) is 3.88. The Morgan fingerprint density at radius 1 is 1.08 bits per heavy atom. The lowest BCUT2D eigenvalue weighted by Crippen LogP contribution is -1.89. The lowest BCUT2D eigenvalue weighted by molar-refractivity contribution is 0.102. The Hall–Kier alpha value is -2.60. The first-order chi connectivity index (χ1) is 11.6. The second-order valence-electron chi connectivity index (χ2n) is 4.78. The molecule has 122 valence electrons. The van der Waals surface area contributed by atoms with E-state index in [0.717, 1.165) is 5.56 Å². The summed E-state index contributed by atoms with van der Waals surface area (Å²) < 4.78 is 35.2. The average Bonchev–Trinajstić information content (AvgIpc) is 3.25. The zero-order valence-corrected chi connectivity index (χ0v) is 13.1. The van der Waals surface area contributed by atoms with Crippen molar-refractivity contribution < 1.29 is 22.4 Å². The van der Waals surface area contributed by atoms with Crippen molar-refractivity contribution in [3.8, 4) is 11.3 Å². The number of thioether (sulfide) groups is 1. The zero-order valence-electron chi connectivity index (χ0n) is 12.3. The number of furan rings is 2. The molecule has 0 fully saturated rings. The molecule has 6 heteroatoms. The van der Waals surface area contributed by atoms with Gasteiger partial charge >= 0.3 is 0 Å². The number of carbonyl (C=O) groups excluding carboxylic acids is 1. The van der Waals surface area contributed by atoms with Crippen molar-refractivity contribution in [2.45, 2.75) is 10.7 Å². The maximum atomic E-state index is 12.3. The maximum Gasteiger partial charge on any atom is 0.288 e. The quantitative estimate of drug-likeness (QED) is 0.324. The summed E-state index contributed by atoms with van der Waals surface area (Å²) >= 11 is 0.496. The van der Waals surface area contributed by atoms with Gasteiger partial charge in [0.25, 0.3) is 5.76 Å². The summed E-state index contributed by atoms with van der Waals surface area (Å²) in [6.07, 6.45) is 4.35. The monoisotopic (exact) mass is 346 g/mol. The fourth-order valence-corrected chi connectivity index (χ4v) is 2.56. The van der Waals surface area contributed by atoms with Crippen molar-refractivity contribution in [3.63, 3.8) is 0 Å². The molecule has 0 aliphatic heterocycles. The van der Waals surface area contributed by atoms with Gasteiger partial charge in [-0.25, -0.2) is 0 Å². The molecule has 2 heterocycles. The molecular formula is C18H12F2O3S. The number of allylic oxidation sites excluding steroid dienone is 1. The maximum absolute atomic E-state index is 12.3. The number of hydrogen-bond acceptors (Lipinski definition) is 4. The zero-order chi connectivity index (χ0) is 16.9. The fraction of sp³-hybridized carbons (Fsp3) is 0.0556. The number of benzene rings is 1. The van der Waals surface area contributed by atoms with Crippen LogP contribution in [0, 0.1) is 0 Å². The molecule has 0 bridgehead atoms. The van der Waals surface area contributed by atoms with Crippen LogP contribution in [-0.2, 0) is 0 Å². The number of alkyl halides is 2. The largest absolute Gasteiger partial charge is 0.461 e. The van der Waals surface area contributed by atoms with E-state index in [4.69, 9.17) is 8.83 Å². The summed E-state index contributed by atoms with van der Waals surface area (Å²) in [5.41, 5.74) is 0.769. The van der Waals surface area contributed by atoms with E-state index in [9.17, 15) is 13.6 Å². The third kappa shape index (κ3) is 4.02. The minimum atomic E-state index is -2.44. The SMILES string of the molecule is O=C(/C=C/c1ccc(-c2ccc(SC(F)F)cc2)o1)c1ccco1. The highest BCUT2D eigenvalue weighted by molar-refractivity contribution is 7.99. The molecule has 2 aromatic heterocycles. The summed E-state index contributed by atoms with van der Waals surface area (Å²) in [4.78, 5) is 12.3. The molecule has 3 rings (SSSR count). The van der Waals surface area contributed by atoms with E-state index >= 15 is 0 Å². The number of ketones is 1. The summed E-state index contributed by atoms with van der Waals surface area (Å²) in [6, 6.07) is 13.4. The predicted octanol–water partition coefficient (Wildman–Crippen LogP) is 5.75. The Morgan fingerprint density at radius 2 is 1.88 bits per heavy atom. The van der Waals surface area contributed by atoms with Gasteiger partial charge in [-0.3, -0.25) is 4.79 Å². The van der Waals surface area contributed by atoms with Gasteiger partial charge in [0.2, 0.25) is 5.78 Å². The lowest BCUT2D eigenvalue weighted by Gasteiger charge is -2.01. The highest BCUT2D eigenvalue weighted by atomic mass is 32.2. The van der Waals surface area contributed by atoms with Crippen LogP contribution in [0.15, 0.2) is 74.6 Å². The van der Waals surface area contributed by atoms with Crippen LogP contribution in [0.2, 0.25) is 0 Å². The summed E-state index contributed by atoms with van der Waals surface area (Å²) in [7, 11) is 0. The van der Waals surface area contributed by atoms with Gasteiger partial charge in [0.15, 0.2) is 5.76 Å². The Labute approximate surface area is 141 Å². The normalized spacial score (nSPS) is 11.5. The Morgan fingerprint density at radius 3 is 2.54 bits per heavy atom. The van der Waals surface area contributed by atoms with Crippen LogP contribution in [0.3, 0.4) is 0 Å². The van der Waals surface area contributed by atoms with Crippen LogP contribution in [-0.4, -0.2) is 11.5 Å². The van der Waals surface area contributed by atoms with Gasteiger partial charge in [0, 0.05) is 10.5 Å². The fourth-order valence-electron chi connectivity index (χ4n) is 2.06. The topological polar surface area (TPSA) is 43.4 Å². The van der Waals surface area contributed by atoms with Gasteiger partial charge in [-0.2, -0.15) is 8.78 Å². The molecule has 0 saturated carbocycles. The van der Waals surface area contributed by atoms with Gasteiger partial charge < -0.3 is 8.83 Å². The highest BCUT2D eigenvalue weighted by Crippen LogP contribution is 2.29. The van der Waals surface area contributed by atoms with Crippen LogP contribution < -0.4 is 0 Å². The first-order valence-corrected chi connectivity index (χ1v) is 7.91. The van der Waals surface area contributed by atoms with E-state index in [1.54, 1.807) is 54.6 Å². The van der Waals surface area contributed by atoms with E-state index < -0.39 is 5.76 Å². The van der Waals surface area contributed by atoms with Gasteiger partial charge in [-0.1, -0.05) is 23.9 Å². The molecule has 0 aliphatic rings. The van der Waals surface area contributed by atoms with Crippen LogP contribution in [0.4, 0.5) is 8.78 Å². The molecule has 0 aliphatic carbocycles. The Kier molecular flexibility index (Phi) is 4.96. The number of halogens is 2. The minimum Gasteiger partial charge on any atom is -0.461 e. The van der Waals surface area contributed by atoms with Crippen LogP contribution in [0.25, 0.3) is 17.4 Å². The van der Waals surface area contributed by atoms with Crippen LogP contribution in [0.1, 0.15) is 16.3 Å². The predicted molar refractivity (Wildman–Crippen MR) is 88.1 cm³/mol. The second kappa shape index (κ2) is 7.31. The van der Waals surface area contributed by atoms with Crippen molar-refractivity contribution in [3.05, 3.63) is 72.4 Å².